The number of hydrogen-bond acceptors (Lipinski definition) is 4. The number of nitrogen functional groups attached to an aromatic ring is 1. The number of pyridine rings is 1. The van der Waals surface area contributed by atoms with Gasteiger partial charge in [-0.15, -0.1) is 0 Å². The first-order valence-electron chi connectivity index (χ1n) is 5.41. The molecule has 92 valence electrons. The molecule has 1 heterocycles. The second kappa shape index (κ2) is 5.18. The Morgan fingerprint density at radius 3 is 2.83 bits per heavy atom. The van der Waals surface area contributed by atoms with Crippen molar-refractivity contribution in [3.8, 4) is 11.5 Å². The highest BCUT2D eigenvalue weighted by Crippen LogP contribution is 2.26. The molecule has 5 nitrogen and oxygen atoms in total. The third-order valence-corrected chi connectivity index (χ3v) is 2.34. The van der Waals surface area contributed by atoms with Crippen LogP contribution in [0.3, 0.4) is 0 Å². The summed E-state index contributed by atoms with van der Waals surface area (Å²) in [4.78, 5) is 15.4. The summed E-state index contributed by atoms with van der Waals surface area (Å²) < 4.78 is 5.60. The third kappa shape index (κ3) is 2.57. The Bertz CT molecular complexity index is 570. The molecule has 0 unspecified atom stereocenters. The van der Waals surface area contributed by atoms with E-state index < -0.39 is 0 Å². The number of nitrogens with one attached hydrogen (secondary N) is 1. The summed E-state index contributed by atoms with van der Waals surface area (Å²) in [5, 5.41) is 2.50. The molecule has 2 rings (SSSR count). The number of aromatic nitrogens is 1. The van der Waals surface area contributed by atoms with Crippen molar-refractivity contribution >= 4 is 11.6 Å². The molecule has 1 amide bonds. The fraction of sp³-hybridized carbons (Fsp3) is 0.0769. The van der Waals surface area contributed by atoms with Gasteiger partial charge in [0.15, 0.2) is 0 Å². The third-order valence-electron chi connectivity index (χ3n) is 2.34. The number of nitrogens with zero attached hydrogens (tertiary/aromatic N) is 1. The van der Waals surface area contributed by atoms with Gasteiger partial charge in [0, 0.05) is 19.3 Å². The molecule has 0 aliphatic heterocycles. The van der Waals surface area contributed by atoms with Gasteiger partial charge < -0.3 is 15.8 Å². The number of carbonyl (C=O) groups is 1. The Labute approximate surface area is 105 Å². The number of amides is 1. The van der Waals surface area contributed by atoms with Gasteiger partial charge in [-0.05, 0) is 18.2 Å². The zero-order valence-corrected chi connectivity index (χ0v) is 9.88. The van der Waals surface area contributed by atoms with Gasteiger partial charge in [-0.1, -0.05) is 12.1 Å². The van der Waals surface area contributed by atoms with Gasteiger partial charge in [-0.25, -0.2) is 0 Å². The van der Waals surface area contributed by atoms with E-state index in [2.05, 4.69) is 10.3 Å². The maximum atomic E-state index is 11.4. The summed E-state index contributed by atoms with van der Waals surface area (Å²) in [6.07, 6.45) is 1.51. The molecular formula is C13H13N3O2. The number of para-hydroxylation sites is 2. The van der Waals surface area contributed by atoms with Crippen LogP contribution in [-0.4, -0.2) is 17.9 Å². The second-order valence-corrected chi connectivity index (χ2v) is 3.60. The molecule has 1 aromatic carbocycles. The lowest BCUT2D eigenvalue weighted by Gasteiger charge is -2.08. The number of ether oxygens (including phenoxy) is 1. The van der Waals surface area contributed by atoms with Crippen LogP contribution in [0.1, 0.15) is 10.5 Å². The number of nitrogens with two attached hydrogens (primary N) is 1. The molecule has 0 radical (unpaired) electrons. The SMILES string of the molecule is CNC(=O)c1cc(Oc2ccccc2N)ccn1. The molecular weight excluding hydrogens is 230 g/mol. The molecule has 1 aromatic heterocycles. The Morgan fingerprint density at radius 2 is 2.11 bits per heavy atom. The molecule has 3 N–H and O–H groups in total. The van der Waals surface area contributed by atoms with Crippen molar-refractivity contribution < 1.29 is 9.53 Å². The van der Waals surface area contributed by atoms with Crippen LogP contribution in [0.25, 0.3) is 0 Å². The van der Waals surface area contributed by atoms with Crippen LogP contribution in [0.2, 0.25) is 0 Å². The topological polar surface area (TPSA) is 77.2 Å². The molecule has 0 spiro atoms. The minimum Gasteiger partial charge on any atom is -0.455 e. The van der Waals surface area contributed by atoms with Crippen LogP contribution < -0.4 is 15.8 Å². The van der Waals surface area contributed by atoms with Crippen LogP contribution in [0.4, 0.5) is 5.69 Å². The van der Waals surface area contributed by atoms with Gasteiger partial charge in [-0.2, -0.15) is 0 Å². The van der Waals surface area contributed by atoms with E-state index in [0.717, 1.165) is 0 Å². The van der Waals surface area contributed by atoms with Crippen molar-refractivity contribution in [3.63, 3.8) is 0 Å². The molecule has 0 fully saturated rings. The van der Waals surface area contributed by atoms with Gasteiger partial charge in [0.2, 0.25) is 0 Å². The van der Waals surface area contributed by atoms with E-state index in [-0.39, 0.29) is 5.91 Å². The van der Waals surface area contributed by atoms with E-state index in [4.69, 9.17) is 10.5 Å². The van der Waals surface area contributed by atoms with Gasteiger partial charge in [0.1, 0.15) is 17.2 Å². The highest BCUT2D eigenvalue weighted by Gasteiger charge is 2.07. The van der Waals surface area contributed by atoms with Crippen LogP contribution >= 0.6 is 0 Å². The van der Waals surface area contributed by atoms with Crippen molar-refractivity contribution in [2.45, 2.75) is 0 Å². The van der Waals surface area contributed by atoms with Gasteiger partial charge in [-0.3, -0.25) is 9.78 Å². The lowest BCUT2D eigenvalue weighted by Crippen LogP contribution is -2.18. The lowest BCUT2D eigenvalue weighted by molar-refractivity contribution is 0.0958. The van der Waals surface area contributed by atoms with Crippen LogP contribution in [-0.2, 0) is 0 Å². The monoisotopic (exact) mass is 243 g/mol. The molecule has 18 heavy (non-hydrogen) atoms. The van der Waals surface area contributed by atoms with E-state index in [1.54, 1.807) is 31.3 Å². The molecule has 0 aliphatic rings. The van der Waals surface area contributed by atoms with Gasteiger partial charge in [0.05, 0.1) is 5.69 Å². The van der Waals surface area contributed by atoms with E-state index in [1.807, 2.05) is 12.1 Å². The lowest BCUT2D eigenvalue weighted by atomic mass is 10.3. The van der Waals surface area contributed by atoms with Crippen LogP contribution in [0.5, 0.6) is 11.5 Å². The van der Waals surface area contributed by atoms with E-state index in [0.29, 0.717) is 22.9 Å². The summed E-state index contributed by atoms with van der Waals surface area (Å²) in [5.41, 5.74) is 6.61. The zero-order valence-electron chi connectivity index (χ0n) is 9.88. The standard InChI is InChI=1S/C13H13N3O2/c1-15-13(17)11-8-9(6-7-16-11)18-12-5-3-2-4-10(12)14/h2-8H,14H2,1H3,(H,15,17). The van der Waals surface area contributed by atoms with E-state index >= 15 is 0 Å². The quantitative estimate of drug-likeness (QED) is 0.806. The second-order valence-electron chi connectivity index (χ2n) is 3.60. The zero-order chi connectivity index (χ0) is 13.0. The largest absolute Gasteiger partial charge is 0.455 e. The van der Waals surface area contributed by atoms with Crippen molar-refractivity contribution in [1.29, 1.82) is 0 Å². The smallest absolute Gasteiger partial charge is 0.269 e. The fourth-order valence-corrected chi connectivity index (χ4v) is 1.43. The molecule has 0 atom stereocenters. The number of rotatable bonds is 3. The Morgan fingerprint density at radius 1 is 1.33 bits per heavy atom. The maximum absolute atomic E-state index is 11.4. The van der Waals surface area contributed by atoms with Gasteiger partial charge >= 0.3 is 0 Å². The van der Waals surface area contributed by atoms with Crippen molar-refractivity contribution in [3.05, 3.63) is 48.3 Å². The molecule has 0 bridgehead atoms. The summed E-state index contributed by atoms with van der Waals surface area (Å²) in [5.74, 6) is 0.801. The van der Waals surface area contributed by atoms with Crippen molar-refractivity contribution in [2.75, 3.05) is 12.8 Å². The summed E-state index contributed by atoms with van der Waals surface area (Å²) in [6, 6.07) is 10.4. The Balaban J connectivity index is 2.25. The molecule has 5 heteroatoms. The molecule has 0 saturated carbocycles. The number of benzene rings is 1. The van der Waals surface area contributed by atoms with Gasteiger partial charge in [0.25, 0.3) is 5.91 Å². The van der Waals surface area contributed by atoms with E-state index in [1.165, 1.54) is 6.20 Å². The molecule has 2 aromatic rings. The Kier molecular flexibility index (Phi) is 3.43. The van der Waals surface area contributed by atoms with E-state index in [9.17, 15) is 4.79 Å². The first-order valence-corrected chi connectivity index (χ1v) is 5.41. The summed E-state index contributed by atoms with van der Waals surface area (Å²) >= 11 is 0. The summed E-state index contributed by atoms with van der Waals surface area (Å²) in [6.45, 7) is 0. The first kappa shape index (κ1) is 11.9. The van der Waals surface area contributed by atoms with Crippen LogP contribution in [0, 0.1) is 0 Å². The highest BCUT2D eigenvalue weighted by atomic mass is 16.5. The Hall–Kier alpha value is -2.56. The minimum absolute atomic E-state index is 0.263. The van der Waals surface area contributed by atoms with Crippen LogP contribution in [0.15, 0.2) is 42.6 Å². The fourth-order valence-electron chi connectivity index (χ4n) is 1.43. The first-order chi connectivity index (χ1) is 8.70. The molecule has 0 aliphatic carbocycles. The number of anilines is 1. The average molecular weight is 243 g/mol. The normalized spacial score (nSPS) is 9.83. The number of hydrogen-bond donors (Lipinski definition) is 2. The predicted octanol–water partition coefficient (Wildman–Crippen LogP) is 1.82. The average Bonchev–Trinajstić information content (AvgIpc) is 2.41. The highest BCUT2D eigenvalue weighted by molar-refractivity contribution is 5.92. The minimum atomic E-state index is -0.263. The van der Waals surface area contributed by atoms with Crippen molar-refractivity contribution in [2.24, 2.45) is 0 Å². The summed E-state index contributed by atoms with van der Waals surface area (Å²) in [7, 11) is 1.55. The molecule has 0 saturated heterocycles. The maximum Gasteiger partial charge on any atom is 0.269 e. The van der Waals surface area contributed by atoms with Crippen molar-refractivity contribution in [1.82, 2.24) is 10.3 Å². The number of carbonyl (C=O) groups excluding carboxylic acids is 1. The predicted molar refractivity (Wildman–Crippen MR) is 68.6 cm³/mol.